The smallest absolute Gasteiger partial charge is 0.0922 e. The van der Waals surface area contributed by atoms with Crippen LogP contribution >= 0.6 is 0 Å². The molecule has 0 fully saturated rings. The molecule has 0 aliphatic carbocycles. The van der Waals surface area contributed by atoms with Gasteiger partial charge >= 0.3 is 0 Å². The maximum atomic E-state index is 5.62. The van der Waals surface area contributed by atoms with E-state index in [1.165, 1.54) is 0 Å². The lowest BCUT2D eigenvalue weighted by Crippen LogP contribution is -2.39. The van der Waals surface area contributed by atoms with Crippen molar-refractivity contribution in [1.29, 1.82) is 0 Å². The molecule has 1 atom stereocenters. The molecule has 1 aromatic rings. The lowest BCUT2D eigenvalue weighted by molar-refractivity contribution is 0.403. The second-order valence-electron chi connectivity index (χ2n) is 3.54. The predicted molar refractivity (Wildman–Crippen MR) is 53.1 cm³/mol. The number of nitrogens with zero attached hydrogens (tertiary/aromatic N) is 1. The number of rotatable bonds is 5. The van der Waals surface area contributed by atoms with Crippen molar-refractivity contribution in [2.75, 3.05) is 6.54 Å². The molecule has 0 aliphatic rings. The van der Waals surface area contributed by atoms with Crippen LogP contribution in [-0.2, 0) is 6.54 Å². The Labute approximate surface area is 78.9 Å². The second-order valence-corrected chi connectivity index (χ2v) is 3.54. The van der Waals surface area contributed by atoms with E-state index in [0.29, 0.717) is 18.5 Å². The molecular formula is C9H18N4. The summed E-state index contributed by atoms with van der Waals surface area (Å²) in [7, 11) is 0. The van der Waals surface area contributed by atoms with Gasteiger partial charge in [-0.15, -0.1) is 0 Å². The standard InChI is InChI=1S/C9H18N4/c1-7(2)9(3-10)12-5-8-4-11-6-13-8/h4,6-7,9,12H,3,5,10H2,1-2H3,(H,11,13). The minimum Gasteiger partial charge on any atom is -0.347 e. The van der Waals surface area contributed by atoms with Gasteiger partial charge in [0.15, 0.2) is 0 Å². The predicted octanol–water partition coefficient (Wildman–Crippen LogP) is 0.483. The normalized spacial score (nSPS) is 13.5. The van der Waals surface area contributed by atoms with Crippen LogP contribution < -0.4 is 11.1 Å². The fourth-order valence-corrected chi connectivity index (χ4v) is 1.21. The molecule has 1 rings (SSSR count). The highest BCUT2D eigenvalue weighted by atomic mass is 15.0. The number of hydrogen-bond acceptors (Lipinski definition) is 3. The van der Waals surface area contributed by atoms with Gasteiger partial charge in [-0.25, -0.2) is 4.98 Å². The van der Waals surface area contributed by atoms with Gasteiger partial charge in [0.1, 0.15) is 0 Å². The van der Waals surface area contributed by atoms with Crippen molar-refractivity contribution in [2.24, 2.45) is 11.7 Å². The first-order valence-corrected chi connectivity index (χ1v) is 4.64. The van der Waals surface area contributed by atoms with Gasteiger partial charge in [0.25, 0.3) is 0 Å². The summed E-state index contributed by atoms with van der Waals surface area (Å²) in [6.45, 7) is 5.81. The number of imidazole rings is 1. The van der Waals surface area contributed by atoms with E-state index in [9.17, 15) is 0 Å². The molecule has 0 saturated carbocycles. The van der Waals surface area contributed by atoms with Crippen LogP contribution in [0.2, 0.25) is 0 Å². The van der Waals surface area contributed by atoms with Gasteiger partial charge < -0.3 is 16.0 Å². The Kier molecular flexibility index (Phi) is 3.92. The molecule has 0 spiro atoms. The molecule has 0 aromatic carbocycles. The molecule has 0 aliphatic heterocycles. The number of nitrogens with two attached hydrogens (primary N) is 1. The maximum Gasteiger partial charge on any atom is 0.0922 e. The first-order chi connectivity index (χ1) is 6.24. The van der Waals surface area contributed by atoms with Gasteiger partial charge in [0.05, 0.1) is 6.33 Å². The largest absolute Gasteiger partial charge is 0.347 e. The number of aromatic amines is 1. The van der Waals surface area contributed by atoms with Gasteiger partial charge in [0.2, 0.25) is 0 Å². The van der Waals surface area contributed by atoms with Crippen LogP contribution in [0.5, 0.6) is 0 Å². The molecule has 4 nitrogen and oxygen atoms in total. The van der Waals surface area contributed by atoms with Crippen molar-refractivity contribution < 1.29 is 0 Å². The summed E-state index contributed by atoms with van der Waals surface area (Å²) in [5, 5.41) is 3.38. The first-order valence-electron chi connectivity index (χ1n) is 4.64. The SMILES string of the molecule is CC(C)C(CN)NCc1cnc[nH]1. The van der Waals surface area contributed by atoms with Crippen molar-refractivity contribution >= 4 is 0 Å². The summed E-state index contributed by atoms with van der Waals surface area (Å²) < 4.78 is 0. The number of H-pyrrole nitrogens is 1. The highest BCUT2D eigenvalue weighted by Gasteiger charge is 2.09. The average Bonchev–Trinajstić information content (AvgIpc) is 2.57. The topological polar surface area (TPSA) is 66.7 Å². The third-order valence-corrected chi connectivity index (χ3v) is 2.17. The van der Waals surface area contributed by atoms with Gasteiger partial charge in [-0.1, -0.05) is 13.8 Å². The van der Waals surface area contributed by atoms with E-state index in [-0.39, 0.29) is 0 Å². The first kappa shape index (κ1) is 10.2. The van der Waals surface area contributed by atoms with Gasteiger partial charge in [-0.05, 0) is 5.92 Å². The van der Waals surface area contributed by atoms with Crippen LogP contribution in [0.15, 0.2) is 12.5 Å². The molecular weight excluding hydrogens is 164 g/mol. The average molecular weight is 182 g/mol. The summed E-state index contributed by atoms with van der Waals surface area (Å²) in [6, 6.07) is 0.378. The Morgan fingerprint density at radius 1 is 1.62 bits per heavy atom. The molecule has 0 radical (unpaired) electrons. The minimum absolute atomic E-state index is 0.378. The zero-order valence-electron chi connectivity index (χ0n) is 8.25. The summed E-state index contributed by atoms with van der Waals surface area (Å²) in [5.41, 5.74) is 6.72. The number of aromatic nitrogens is 2. The zero-order valence-corrected chi connectivity index (χ0v) is 8.25. The molecule has 1 aromatic heterocycles. The van der Waals surface area contributed by atoms with E-state index >= 15 is 0 Å². The van der Waals surface area contributed by atoms with Crippen LogP contribution in [0.4, 0.5) is 0 Å². The lowest BCUT2D eigenvalue weighted by atomic mass is 10.1. The third-order valence-electron chi connectivity index (χ3n) is 2.17. The van der Waals surface area contributed by atoms with E-state index in [1.807, 2.05) is 6.20 Å². The molecule has 1 unspecified atom stereocenters. The minimum atomic E-state index is 0.378. The van der Waals surface area contributed by atoms with E-state index in [2.05, 4.69) is 29.1 Å². The Bertz CT molecular complexity index is 218. The molecule has 4 heteroatoms. The van der Waals surface area contributed by atoms with Crippen LogP contribution in [-0.4, -0.2) is 22.6 Å². The van der Waals surface area contributed by atoms with Crippen LogP contribution in [0.3, 0.4) is 0 Å². The maximum absolute atomic E-state index is 5.62. The zero-order chi connectivity index (χ0) is 9.68. The van der Waals surface area contributed by atoms with E-state index in [1.54, 1.807) is 6.33 Å². The van der Waals surface area contributed by atoms with E-state index in [0.717, 1.165) is 12.2 Å². The van der Waals surface area contributed by atoms with Crippen molar-refractivity contribution in [3.8, 4) is 0 Å². The highest BCUT2D eigenvalue weighted by molar-refractivity contribution is 4.94. The molecule has 0 amide bonds. The summed E-state index contributed by atoms with van der Waals surface area (Å²) in [5.74, 6) is 0.563. The second kappa shape index (κ2) is 4.99. The van der Waals surface area contributed by atoms with E-state index in [4.69, 9.17) is 5.73 Å². The van der Waals surface area contributed by atoms with Crippen LogP contribution in [0, 0.1) is 5.92 Å². The van der Waals surface area contributed by atoms with Gasteiger partial charge in [-0.2, -0.15) is 0 Å². The van der Waals surface area contributed by atoms with Crippen molar-refractivity contribution in [3.63, 3.8) is 0 Å². The van der Waals surface area contributed by atoms with Crippen molar-refractivity contribution in [2.45, 2.75) is 26.4 Å². The molecule has 0 saturated heterocycles. The number of nitrogens with one attached hydrogen (secondary N) is 2. The fourth-order valence-electron chi connectivity index (χ4n) is 1.21. The Balaban J connectivity index is 2.32. The highest BCUT2D eigenvalue weighted by Crippen LogP contribution is 2.00. The molecule has 4 N–H and O–H groups in total. The lowest BCUT2D eigenvalue weighted by Gasteiger charge is -2.19. The van der Waals surface area contributed by atoms with Crippen molar-refractivity contribution in [1.82, 2.24) is 15.3 Å². The van der Waals surface area contributed by atoms with Crippen LogP contribution in [0.25, 0.3) is 0 Å². The fraction of sp³-hybridized carbons (Fsp3) is 0.667. The molecule has 74 valence electrons. The van der Waals surface area contributed by atoms with Gasteiger partial charge in [0, 0.05) is 31.0 Å². The van der Waals surface area contributed by atoms with Gasteiger partial charge in [-0.3, -0.25) is 0 Å². The summed E-state index contributed by atoms with van der Waals surface area (Å²) in [4.78, 5) is 6.99. The van der Waals surface area contributed by atoms with Crippen LogP contribution in [0.1, 0.15) is 19.5 Å². The Hall–Kier alpha value is -0.870. The molecule has 13 heavy (non-hydrogen) atoms. The molecule has 1 heterocycles. The quantitative estimate of drug-likeness (QED) is 0.620. The van der Waals surface area contributed by atoms with Crippen molar-refractivity contribution in [3.05, 3.63) is 18.2 Å². The summed E-state index contributed by atoms with van der Waals surface area (Å²) >= 11 is 0. The monoisotopic (exact) mass is 182 g/mol. The van der Waals surface area contributed by atoms with E-state index < -0.39 is 0 Å². The Morgan fingerprint density at radius 3 is 2.85 bits per heavy atom. The molecule has 0 bridgehead atoms. The third kappa shape index (κ3) is 3.16. The number of hydrogen-bond donors (Lipinski definition) is 3. The summed E-state index contributed by atoms with van der Waals surface area (Å²) in [6.07, 6.45) is 3.50. The Morgan fingerprint density at radius 2 is 2.38 bits per heavy atom.